The molecular weight excluding hydrogens is 258 g/mol. The van der Waals surface area contributed by atoms with Crippen LogP contribution in [0, 0.1) is 10.1 Å². The van der Waals surface area contributed by atoms with E-state index in [4.69, 9.17) is 4.74 Å². The zero-order valence-corrected chi connectivity index (χ0v) is 11.4. The molecule has 3 rings (SSSR count). The second-order valence-corrected chi connectivity index (χ2v) is 5.43. The number of benzene rings is 1. The summed E-state index contributed by atoms with van der Waals surface area (Å²) < 4.78 is 7.08. The maximum Gasteiger partial charge on any atom is 0.427 e. The van der Waals surface area contributed by atoms with E-state index in [-0.39, 0.29) is 11.7 Å². The maximum atomic E-state index is 10.9. The van der Waals surface area contributed by atoms with Gasteiger partial charge in [0.25, 0.3) is 0 Å². The average molecular weight is 273 g/mol. The summed E-state index contributed by atoms with van der Waals surface area (Å²) in [5.74, 6) is 0.441. The number of hydrogen-bond donors (Lipinski definition) is 0. The molecule has 0 unspecified atom stereocenters. The monoisotopic (exact) mass is 273 g/mol. The van der Waals surface area contributed by atoms with E-state index in [1.165, 1.54) is 29.3 Å². The predicted octanol–water partition coefficient (Wildman–Crippen LogP) is 3.17. The Kier molecular flexibility index (Phi) is 2.74. The Balaban J connectivity index is 1.84. The lowest BCUT2D eigenvalue weighted by Crippen LogP contribution is -2.00. The van der Waals surface area contributed by atoms with Crippen molar-refractivity contribution in [2.24, 2.45) is 7.05 Å². The Labute approximate surface area is 116 Å². The molecule has 1 aromatic heterocycles. The van der Waals surface area contributed by atoms with Crippen molar-refractivity contribution in [2.45, 2.75) is 25.2 Å². The van der Waals surface area contributed by atoms with Crippen LogP contribution < -0.4 is 4.74 Å². The number of aryl methyl sites for hydroxylation is 1. The molecule has 1 aliphatic rings. The Hall–Kier alpha value is -2.37. The van der Waals surface area contributed by atoms with Crippen LogP contribution in [0.2, 0.25) is 0 Å². The van der Waals surface area contributed by atoms with Crippen molar-refractivity contribution in [2.75, 3.05) is 0 Å². The van der Waals surface area contributed by atoms with E-state index in [0.29, 0.717) is 11.2 Å². The highest BCUT2D eigenvalue weighted by Gasteiger charge is 2.38. The van der Waals surface area contributed by atoms with Gasteiger partial charge < -0.3 is 14.9 Å². The van der Waals surface area contributed by atoms with Crippen molar-refractivity contribution in [3.63, 3.8) is 0 Å². The third kappa shape index (κ3) is 2.13. The minimum absolute atomic E-state index is 0.139. The molecule has 1 heterocycles. The Morgan fingerprint density at radius 3 is 2.55 bits per heavy atom. The fraction of sp³-hybridized carbons (Fsp3) is 0.357. The van der Waals surface area contributed by atoms with Gasteiger partial charge in [0.05, 0.1) is 0 Å². The van der Waals surface area contributed by atoms with E-state index < -0.39 is 4.92 Å². The van der Waals surface area contributed by atoms with Crippen LogP contribution in [0.1, 0.15) is 25.3 Å². The molecule has 0 bridgehead atoms. The number of rotatable bonds is 4. The molecule has 6 heteroatoms. The molecule has 0 amide bonds. The number of aromatic nitrogens is 2. The summed E-state index contributed by atoms with van der Waals surface area (Å²) in [5, 5.41) is 10.9. The first-order valence-corrected chi connectivity index (χ1v) is 6.44. The average Bonchev–Trinajstić information content (AvgIpc) is 3.07. The normalized spacial score (nSPS) is 15.9. The van der Waals surface area contributed by atoms with Gasteiger partial charge in [-0.2, -0.15) is 0 Å². The molecule has 1 fully saturated rings. The third-order valence-corrected chi connectivity index (χ3v) is 3.80. The lowest BCUT2D eigenvalue weighted by Gasteiger charge is -2.10. The molecule has 1 aliphatic carbocycles. The molecule has 104 valence electrons. The zero-order valence-electron chi connectivity index (χ0n) is 11.4. The highest BCUT2D eigenvalue weighted by Crippen LogP contribution is 2.47. The molecular formula is C14H15N3O3. The van der Waals surface area contributed by atoms with Crippen molar-refractivity contribution in [3.8, 4) is 11.6 Å². The Morgan fingerprint density at radius 1 is 1.35 bits per heavy atom. The van der Waals surface area contributed by atoms with Crippen LogP contribution in [0.4, 0.5) is 5.82 Å². The number of nitrogens with zero attached hydrogens (tertiary/aromatic N) is 3. The minimum atomic E-state index is -0.547. The van der Waals surface area contributed by atoms with E-state index in [1.807, 2.05) is 24.3 Å². The molecule has 0 atom stereocenters. The fourth-order valence-electron chi connectivity index (χ4n) is 2.16. The second-order valence-electron chi connectivity index (χ2n) is 5.43. The van der Waals surface area contributed by atoms with Crippen molar-refractivity contribution in [1.29, 1.82) is 0 Å². The van der Waals surface area contributed by atoms with Gasteiger partial charge >= 0.3 is 11.7 Å². The first kappa shape index (κ1) is 12.7. The zero-order chi connectivity index (χ0) is 14.3. The largest absolute Gasteiger partial charge is 0.434 e. The highest BCUT2D eigenvalue weighted by atomic mass is 16.6. The van der Waals surface area contributed by atoms with Gasteiger partial charge in [-0.15, -0.1) is 0 Å². The van der Waals surface area contributed by atoms with Gasteiger partial charge in [-0.3, -0.25) is 4.57 Å². The molecule has 1 aromatic carbocycles. The van der Waals surface area contributed by atoms with Gasteiger partial charge in [-0.25, -0.2) is 0 Å². The topological polar surface area (TPSA) is 70.2 Å². The van der Waals surface area contributed by atoms with Gasteiger partial charge in [-0.1, -0.05) is 19.1 Å². The summed E-state index contributed by atoms with van der Waals surface area (Å²) >= 11 is 0. The SMILES string of the molecule is Cn1cnc([N+](=O)[O-])c1Oc1ccc(C2(C)CC2)cc1. The number of ether oxygens (including phenoxy) is 1. The summed E-state index contributed by atoms with van der Waals surface area (Å²) in [6.07, 6.45) is 3.79. The van der Waals surface area contributed by atoms with Crippen molar-refractivity contribution in [1.82, 2.24) is 9.55 Å². The molecule has 20 heavy (non-hydrogen) atoms. The van der Waals surface area contributed by atoms with Crippen molar-refractivity contribution < 1.29 is 9.66 Å². The van der Waals surface area contributed by atoms with Gasteiger partial charge in [0, 0.05) is 7.05 Å². The van der Waals surface area contributed by atoms with Gasteiger partial charge in [0.2, 0.25) is 6.33 Å². The summed E-state index contributed by atoms with van der Waals surface area (Å²) in [5.41, 5.74) is 1.58. The van der Waals surface area contributed by atoms with Crippen molar-refractivity contribution in [3.05, 3.63) is 46.3 Å². The molecule has 0 aliphatic heterocycles. The van der Waals surface area contributed by atoms with Crippen molar-refractivity contribution >= 4 is 5.82 Å². The smallest absolute Gasteiger partial charge is 0.427 e. The van der Waals surface area contributed by atoms with Gasteiger partial charge in [-0.05, 0) is 45.9 Å². The first-order valence-electron chi connectivity index (χ1n) is 6.44. The molecule has 6 nitrogen and oxygen atoms in total. The van der Waals surface area contributed by atoms with Crippen LogP contribution in [-0.4, -0.2) is 14.5 Å². The second kappa shape index (κ2) is 4.33. The number of imidazole rings is 1. The van der Waals surface area contributed by atoms with Crippen LogP contribution in [0.15, 0.2) is 30.6 Å². The summed E-state index contributed by atoms with van der Waals surface area (Å²) in [7, 11) is 1.66. The standard InChI is InChI=1S/C14H15N3O3/c1-14(7-8-14)10-3-5-11(6-4-10)20-13-12(17(18)19)15-9-16(13)2/h3-6,9H,7-8H2,1-2H3. The lowest BCUT2D eigenvalue weighted by molar-refractivity contribution is -0.390. The first-order chi connectivity index (χ1) is 9.49. The molecule has 0 saturated heterocycles. The van der Waals surface area contributed by atoms with E-state index in [1.54, 1.807) is 7.05 Å². The van der Waals surface area contributed by atoms with Crippen LogP contribution >= 0.6 is 0 Å². The van der Waals surface area contributed by atoms with Gasteiger partial charge in [0.15, 0.2) is 0 Å². The molecule has 1 saturated carbocycles. The lowest BCUT2D eigenvalue weighted by atomic mass is 9.99. The Morgan fingerprint density at radius 2 is 2.00 bits per heavy atom. The summed E-state index contributed by atoms with van der Waals surface area (Å²) in [4.78, 5) is 14.0. The van der Waals surface area contributed by atoms with Crippen LogP contribution in [0.3, 0.4) is 0 Å². The molecule has 0 N–H and O–H groups in total. The van der Waals surface area contributed by atoms with E-state index in [0.717, 1.165) is 0 Å². The van der Waals surface area contributed by atoms with Crippen LogP contribution in [0.5, 0.6) is 11.6 Å². The maximum absolute atomic E-state index is 10.9. The third-order valence-electron chi connectivity index (χ3n) is 3.80. The molecule has 0 radical (unpaired) electrons. The highest BCUT2D eigenvalue weighted by molar-refractivity contribution is 5.40. The predicted molar refractivity (Wildman–Crippen MR) is 73.0 cm³/mol. The quantitative estimate of drug-likeness (QED) is 0.633. The summed E-state index contributed by atoms with van der Waals surface area (Å²) in [6, 6.07) is 7.72. The molecule has 2 aromatic rings. The summed E-state index contributed by atoms with van der Waals surface area (Å²) in [6.45, 7) is 2.23. The fourth-order valence-corrected chi connectivity index (χ4v) is 2.16. The van der Waals surface area contributed by atoms with E-state index >= 15 is 0 Å². The molecule has 0 spiro atoms. The number of hydrogen-bond acceptors (Lipinski definition) is 4. The Bertz CT molecular complexity index is 657. The van der Waals surface area contributed by atoms with E-state index in [2.05, 4.69) is 11.9 Å². The minimum Gasteiger partial charge on any atom is -0.434 e. The van der Waals surface area contributed by atoms with Gasteiger partial charge in [0.1, 0.15) is 5.75 Å². The number of nitro groups is 1. The van der Waals surface area contributed by atoms with Crippen LogP contribution in [0.25, 0.3) is 0 Å². The van der Waals surface area contributed by atoms with E-state index in [9.17, 15) is 10.1 Å². The van der Waals surface area contributed by atoms with Crippen LogP contribution in [-0.2, 0) is 12.5 Å².